The van der Waals surface area contributed by atoms with Gasteiger partial charge in [-0.15, -0.1) is 0 Å². The molecule has 4 rings (SSSR count). The lowest BCUT2D eigenvalue weighted by molar-refractivity contribution is 0.169. The first-order valence-corrected chi connectivity index (χ1v) is 9.94. The van der Waals surface area contributed by atoms with Crippen LogP contribution < -0.4 is 5.32 Å². The van der Waals surface area contributed by atoms with Gasteiger partial charge in [0, 0.05) is 45.3 Å². The van der Waals surface area contributed by atoms with E-state index in [4.69, 9.17) is 9.52 Å². The minimum Gasteiger partial charge on any atom is -0.364 e. The molecular weight excluding hydrogens is 350 g/mol. The standard InChI is InChI=1S/C22H27N5O/c1-2-23-22(24-16-18-7-8-19-5-3-4-6-20(19)15-18)27-12-10-26(11-13-27)17-21-9-14-28-25-21/h3-9,14-15H,2,10-13,16-17H2,1H3,(H,23,24). The van der Waals surface area contributed by atoms with Gasteiger partial charge in [-0.2, -0.15) is 0 Å². The molecule has 0 aliphatic carbocycles. The number of piperazine rings is 1. The zero-order chi connectivity index (χ0) is 19.2. The number of guanidine groups is 1. The minimum absolute atomic E-state index is 0.687. The minimum atomic E-state index is 0.687. The second-order valence-electron chi connectivity index (χ2n) is 7.11. The lowest BCUT2D eigenvalue weighted by Gasteiger charge is -2.36. The summed E-state index contributed by atoms with van der Waals surface area (Å²) < 4.78 is 4.93. The van der Waals surface area contributed by atoms with Gasteiger partial charge in [-0.1, -0.05) is 41.6 Å². The Balaban J connectivity index is 1.38. The second kappa shape index (κ2) is 8.89. The van der Waals surface area contributed by atoms with E-state index in [1.165, 1.54) is 16.3 Å². The van der Waals surface area contributed by atoms with E-state index in [0.29, 0.717) is 6.54 Å². The molecule has 1 saturated heterocycles. The Hall–Kier alpha value is -2.86. The highest BCUT2D eigenvalue weighted by Gasteiger charge is 2.20. The highest BCUT2D eigenvalue weighted by molar-refractivity contribution is 5.83. The Labute approximate surface area is 165 Å². The van der Waals surface area contributed by atoms with Crippen molar-refractivity contribution in [3.05, 3.63) is 66.1 Å². The number of aromatic nitrogens is 1. The Morgan fingerprint density at radius 1 is 1.07 bits per heavy atom. The molecule has 0 spiro atoms. The summed E-state index contributed by atoms with van der Waals surface area (Å²) in [5.41, 5.74) is 2.23. The van der Waals surface area contributed by atoms with Gasteiger partial charge in [0.15, 0.2) is 5.96 Å². The molecule has 0 atom stereocenters. The number of benzene rings is 2. The van der Waals surface area contributed by atoms with Crippen molar-refractivity contribution in [3.63, 3.8) is 0 Å². The number of nitrogens with zero attached hydrogens (tertiary/aromatic N) is 4. The zero-order valence-electron chi connectivity index (χ0n) is 16.3. The molecule has 1 N–H and O–H groups in total. The first kappa shape index (κ1) is 18.5. The van der Waals surface area contributed by atoms with Crippen molar-refractivity contribution in [3.8, 4) is 0 Å². The van der Waals surface area contributed by atoms with E-state index < -0.39 is 0 Å². The van der Waals surface area contributed by atoms with Crippen LogP contribution in [0.4, 0.5) is 0 Å². The van der Waals surface area contributed by atoms with E-state index in [0.717, 1.165) is 50.9 Å². The molecule has 0 amide bonds. The Kier molecular flexibility index (Phi) is 5.87. The highest BCUT2D eigenvalue weighted by Crippen LogP contribution is 2.16. The van der Waals surface area contributed by atoms with E-state index in [2.05, 4.69) is 69.7 Å². The summed E-state index contributed by atoms with van der Waals surface area (Å²) in [4.78, 5) is 9.66. The molecule has 1 fully saturated rings. The third-order valence-corrected chi connectivity index (χ3v) is 5.11. The number of nitrogens with one attached hydrogen (secondary N) is 1. The van der Waals surface area contributed by atoms with Gasteiger partial charge in [0.25, 0.3) is 0 Å². The van der Waals surface area contributed by atoms with Gasteiger partial charge in [0.1, 0.15) is 6.26 Å². The maximum absolute atomic E-state index is 4.93. The van der Waals surface area contributed by atoms with Gasteiger partial charge in [0.05, 0.1) is 12.2 Å². The molecule has 6 nitrogen and oxygen atoms in total. The second-order valence-corrected chi connectivity index (χ2v) is 7.11. The summed E-state index contributed by atoms with van der Waals surface area (Å²) in [5, 5.41) is 10.00. The molecule has 0 saturated carbocycles. The van der Waals surface area contributed by atoms with Crippen LogP contribution in [0.15, 0.2) is 64.3 Å². The molecule has 0 bridgehead atoms. The fourth-order valence-corrected chi connectivity index (χ4v) is 3.60. The predicted octanol–water partition coefficient (Wildman–Crippen LogP) is 3.11. The van der Waals surface area contributed by atoms with Crippen LogP contribution in [0.3, 0.4) is 0 Å². The van der Waals surface area contributed by atoms with Gasteiger partial charge in [-0.3, -0.25) is 4.90 Å². The van der Waals surface area contributed by atoms with Crippen LogP contribution in [-0.2, 0) is 13.1 Å². The first-order valence-electron chi connectivity index (χ1n) is 9.94. The SMILES string of the molecule is CCNC(=NCc1ccc2ccccc2c1)N1CCN(Cc2ccon2)CC1. The molecule has 6 heteroatoms. The van der Waals surface area contributed by atoms with Crippen LogP contribution in [0.5, 0.6) is 0 Å². The van der Waals surface area contributed by atoms with Crippen molar-refractivity contribution >= 4 is 16.7 Å². The van der Waals surface area contributed by atoms with Gasteiger partial charge in [0.2, 0.25) is 0 Å². The maximum atomic E-state index is 4.93. The maximum Gasteiger partial charge on any atom is 0.194 e. The van der Waals surface area contributed by atoms with Crippen LogP contribution in [0.1, 0.15) is 18.2 Å². The molecule has 28 heavy (non-hydrogen) atoms. The van der Waals surface area contributed by atoms with Crippen molar-refractivity contribution in [2.45, 2.75) is 20.0 Å². The molecule has 0 unspecified atom stereocenters. The average Bonchev–Trinajstić information content (AvgIpc) is 3.25. The van der Waals surface area contributed by atoms with Crippen LogP contribution in [0.25, 0.3) is 10.8 Å². The summed E-state index contributed by atoms with van der Waals surface area (Å²) in [5.74, 6) is 0.997. The van der Waals surface area contributed by atoms with E-state index in [9.17, 15) is 0 Å². The number of hydrogen-bond acceptors (Lipinski definition) is 4. The van der Waals surface area contributed by atoms with E-state index in [-0.39, 0.29) is 0 Å². The number of rotatable bonds is 5. The van der Waals surface area contributed by atoms with E-state index >= 15 is 0 Å². The van der Waals surface area contributed by atoms with Gasteiger partial charge >= 0.3 is 0 Å². The topological polar surface area (TPSA) is 56.9 Å². The fraction of sp³-hybridized carbons (Fsp3) is 0.364. The quantitative estimate of drug-likeness (QED) is 0.547. The van der Waals surface area contributed by atoms with Crippen LogP contribution in [-0.4, -0.2) is 53.6 Å². The smallest absolute Gasteiger partial charge is 0.194 e. The fourth-order valence-electron chi connectivity index (χ4n) is 3.60. The molecule has 1 aromatic heterocycles. The molecular formula is C22H27N5O. The predicted molar refractivity (Wildman–Crippen MR) is 112 cm³/mol. The molecule has 146 valence electrons. The molecule has 1 aliphatic heterocycles. The Morgan fingerprint density at radius 3 is 2.64 bits per heavy atom. The van der Waals surface area contributed by atoms with Crippen LogP contribution in [0, 0.1) is 0 Å². The highest BCUT2D eigenvalue weighted by atomic mass is 16.5. The number of hydrogen-bond donors (Lipinski definition) is 1. The van der Waals surface area contributed by atoms with E-state index in [1.54, 1.807) is 6.26 Å². The zero-order valence-corrected chi connectivity index (χ0v) is 16.3. The summed E-state index contributed by atoms with van der Waals surface area (Å²) in [6, 6.07) is 17.0. The molecule has 0 radical (unpaired) electrons. The van der Waals surface area contributed by atoms with Crippen LogP contribution >= 0.6 is 0 Å². The molecule has 2 aromatic carbocycles. The van der Waals surface area contributed by atoms with Crippen molar-refractivity contribution in [1.82, 2.24) is 20.3 Å². The Morgan fingerprint density at radius 2 is 1.89 bits per heavy atom. The Bertz CT molecular complexity index is 914. The normalized spacial score (nSPS) is 15.9. The van der Waals surface area contributed by atoms with Gasteiger partial charge in [-0.25, -0.2) is 4.99 Å². The third-order valence-electron chi connectivity index (χ3n) is 5.11. The summed E-state index contributed by atoms with van der Waals surface area (Å²) in [6.45, 7) is 8.42. The summed E-state index contributed by atoms with van der Waals surface area (Å²) in [7, 11) is 0. The lowest BCUT2D eigenvalue weighted by atomic mass is 10.1. The number of aliphatic imine (C=N–C) groups is 1. The average molecular weight is 377 g/mol. The van der Waals surface area contributed by atoms with Gasteiger partial charge < -0.3 is 14.7 Å². The van der Waals surface area contributed by atoms with Crippen molar-refractivity contribution in [2.24, 2.45) is 4.99 Å². The largest absolute Gasteiger partial charge is 0.364 e. The number of fused-ring (bicyclic) bond motifs is 1. The van der Waals surface area contributed by atoms with Crippen molar-refractivity contribution in [1.29, 1.82) is 0 Å². The van der Waals surface area contributed by atoms with E-state index in [1.807, 2.05) is 6.07 Å². The third kappa shape index (κ3) is 4.51. The molecule has 2 heterocycles. The molecule has 1 aliphatic rings. The monoisotopic (exact) mass is 377 g/mol. The van der Waals surface area contributed by atoms with Gasteiger partial charge in [-0.05, 0) is 29.3 Å². The first-order chi connectivity index (χ1) is 13.8. The lowest BCUT2D eigenvalue weighted by Crippen LogP contribution is -2.52. The van der Waals surface area contributed by atoms with Crippen molar-refractivity contribution < 1.29 is 4.52 Å². The summed E-state index contributed by atoms with van der Waals surface area (Å²) in [6.07, 6.45) is 1.63. The van der Waals surface area contributed by atoms with Crippen molar-refractivity contribution in [2.75, 3.05) is 32.7 Å². The summed E-state index contributed by atoms with van der Waals surface area (Å²) >= 11 is 0. The molecule has 3 aromatic rings. The van der Waals surface area contributed by atoms with Crippen LogP contribution in [0.2, 0.25) is 0 Å².